The zero-order chi connectivity index (χ0) is 19.6. The van der Waals surface area contributed by atoms with Crippen LogP contribution in [0.5, 0.6) is 0 Å². The van der Waals surface area contributed by atoms with Gasteiger partial charge in [0.1, 0.15) is 0 Å². The smallest absolute Gasteiger partial charge is 0.242 e. The Morgan fingerprint density at radius 2 is 1.88 bits per heavy atom. The second-order valence-electron chi connectivity index (χ2n) is 6.59. The number of sulfonamides is 1. The molecular formula is C18H26N4O3S. The van der Waals surface area contributed by atoms with Crippen molar-refractivity contribution in [2.24, 2.45) is 7.05 Å². The van der Waals surface area contributed by atoms with Gasteiger partial charge >= 0.3 is 0 Å². The summed E-state index contributed by atoms with van der Waals surface area (Å²) in [6.07, 6.45) is 0.892. The first-order valence-electron chi connectivity index (χ1n) is 8.36. The van der Waals surface area contributed by atoms with Gasteiger partial charge in [0.2, 0.25) is 15.9 Å². The lowest BCUT2D eigenvalue weighted by molar-refractivity contribution is -0.116. The largest absolute Gasteiger partial charge is 0.326 e. The van der Waals surface area contributed by atoms with Gasteiger partial charge in [0, 0.05) is 38.9 Å². The highest BCUT2D eigenvalue weighted by atomic mass is 32.2. The number of hydrogen-bond donors (Lipinski definition) is 1. The first-order chi connectivity index (χ1) is 12.0. The molecule has 8 heteroatoms. The van der Waals surface area contributed by atoms with E-state index in [0.717, 1.165) is 21.3 Å². The van der Waals surface area contributed by atoms with E-state index in [-0.39, 0.29) is 10.8 Å². The fourth-order valence-electron chi connectivity index (χ4n) is 2.79. The topological polar surface area (TPSA) is 84.3 Å². The fourth-order valence-corrected chi connectivity index (χ4v) is 3.94. The van der Waals surface area contributed by atoms with Crippen molar-refractivity contribution in [3.63, 3.8) is 0 Å². The Kier molecular flexibility index (Phi) is 5.87. The molecule has 1 aromatic carbocycles. The zero-order valence-corrected chi connectivity index (χ0v) is 16.9. The number of hydrogen-bond acceptors (Lipinski definition) is 4. The number of aromatic nitrogens is 2. The molecule has 0 radical (unpaired) electrons. The van der Waals surface area contributed by atoms with Crippen molar-refractivity contribution in [1.82, 2.24) is 14.1 Å². The maximum absolute atomic E-state index is 12.4. The average Bonchev–Trinajstić information content (AvgIpc) is 2.79. The Morgan fingerprint density at radius 1 is 1.23 bits per heavy atom. The minimum Gasteiger partial charge on any atom is -0.326 e. The number of rotatable bonds is 6. The van der Waals surface area contributed by atoms with Crippen LogP contribution in [0.2, 0.25) is 0 Å². The fraction of sp³-hybridized carbons (Fsp3) is 0.444. The summed E-state index contributed by atoms with van der Waals surface area (Å²) in [6.45, 7) is 5.64. The van der Waals surface area contributed by atoms with Crippen LogP contribution in [-0.4, -0.2) is 42.5 Å². The van der Waals surface area contributed by atoms with Gasteiger partial charge in [-0.25, -0.2) is 12.7 Å². The number of benzene rings is 1. The number of nitrogens with one attached hydrogen (secondary N) is 1. The van der Waals surface area contributed by atoms with Crippen molar-refractivity contribution in [2.45, 2.75) is 38.5 Å². The van der Waals surface area contributed by atoms with Crippen molar-refractivity contribution >= 4 is 21.6 Å². The van der Waals surface area contributed by atoms with E-state index in [1.807, 2.05) is 20.9 Å². The number of nitrogens with zero attached hydrogens (tertiary/aromatic N) is 3. The van der Waals surface area contributed by atoms with Crippen molar-refractivity contribution in [3.05, 3.63) is 40.7 Å². The summed E-state index contributed by atoms with van der Waals surface area (Å²) in [5.41, 5.74) is 4.15. The molecular weight excluding hydrogens is 352 g/mol. The molecule has 0 atom stereocenters. The summed E-state index contributed by atoms with van der Waals surface area (Å²) >= 11 is 0. The molecule has 0 saturated carbocycles. The highest BCUT2D eigenvalue weighted by Crippen LogP contribution is 2.23. The first kappa shape index (κ1) is 20.1. The number of amides is 1. The Hall–Kier alpha value is -2.19. The van der Waals surface area contributed by atoms with Crippen molar-refractivity contribution in [3.8, 4) is 0 Å². The van der Waals surface area contributed by atoms with Crippen molar-refractivity contribution in [2.75, 3.05) is 19.4 Å². The van der Waals surface area contributed by atoms with Crippen LogP contribution in [-0.2, 0) is 28.3 Å². The Balaban J connectivity index is 2.12. The van der Waals surface area contributed by atoms with Gasteiger partial charge in [-0.2, -0.15) is 5.10 Å². The molecule has 26 heavy (non-hydrogen) atoms. The molecule has 0 aliphatic rings. The molecule has 0 bridgehead atoms. The molecule has 142 valence electrons. The molecule has 0 unspecified atom stereocenters. The van der Waals surface area contributed by atoms with E-state index in [1.165, 1.54) is 20.2 Å². The van der Waals surface area contributed by atoms with Crippen LogP contribution >= 0.6 is 0 Å². The molecule has 0 aliphatic heterocycles. The second-order valence-corrected chi connectivity index (χ2v) is 8.71. The lowest BCUT2D eigenvalue weighted by Gasteiger charge is -2.15. The Bertz CT molecular complexity index is 930. The van der Waals surface area contributed by atoms with Gasteiger partial charge in [0.25, 0.3) is 0 Å². The number of anilines is 1. The van der Waals surface area contributed by atoms with E-state index in [4.69, 9.17) is 0 Å². The average molecular weight is 378 g/mol. The van der Waals surface area contributed by atoms with E-state index >= 15 is 0 Å². The molecule has 0 fully saturated rings. The quantitative estimate of drug-likeness (QED) is 0.835. The lowest BCUT2D eigenvalue weighted by atomic mass is 10.1. The van der Waals surface area contributed by atoms with E-state index in [0.29, 0.717) is 24.1 Å². The van der Waals surface area contributed by atoms with Gasteiger partial charge in [0.15, 0.2) is 0 Å². The molecule has 2 rings (SSSR count). The number of aryl methyl sites for hydroxylation is 3. The monoisotopic (exact) mass is 378 g/mol. The molecule has 0 saturated heterocycles. The third kappa shape index (κ3) is 4.13. The maximum atomic E-state index is 12.4. The van der Waals surface area contributed by atoms with Gasteiger partial charge in [-0.3, -0.25) is 9.48 Å². The van der Waals surface area contributed by atoms with E-state index in [2.05, 4.69) is 10.4 Å². The van der Waals surface area contributed by atoms with Crippen molar-refractivity contribution in [1.29, 1.82) is 0 Å². The highest BCUT2D eigenvalue weighted by Gasteiger charge is 2.20. The van der Waals surface area contributed by atoms with Crippen LogP contribution in [0.3, 0.4) is 0 Å². The lowest BCUT2D eigenvalue weighted by Crippen LogP contribution is -2.23. The van der Waals surface area contributed by atoms with Crippen LogP contribution in [0.15, 0.2) is 23.1 Å². The van der Waals surface area contributed by atoms with Crippen LogP contribution in [0.25, 0.3) is 0 Å². The molecule has 0 aliphatic carbocycles. The molecule has 7 nitrogen and oxygen atoms in total. The van der Waals surface area contributed by atoms with E-state index in [1.54, 1.807) is 23.7 Å². The summed E-state index contributed by atoms with van der Waals surface area (Å²) in [7, 11) is 1.29. The van der Waals surface area contributed by atoms with Crippen LogP contribution in [0.1, 0.15) is 28.9 Å². The molecule has 1 aromatic heterocycles. The maximum Gasteiger partial charge on any atom is 0.242 e. The molecule has 2 aromatic rings. The van der Waals surface area contributed by atoms with Gasteiger partial charge in [0.05, 0.1) is 10.6 Å². The molecule has 1 heterocycles. The molecule has 1 amide bonds. The minimum absolute atomic E-state index is 0.162. The van der Waals surface area contributed by atoms with Gasteiger partial charge in [-0.05, 0) is 50.5 Å². The third-order valence-electron chi connectivity index (χ3n) is 4.49. The minimum atomic E-state index is -3.56. The first-order valence-corrected chi connectivity index (χ1v) is 9.80. The van der Waals surface area contributed by atoms with Crippen molar-refractivity contribution < 1.29 is 13.2 Å². The summed E-state index contributed by atoms with van der Waals surface area (Å²) in [5, 5.41) is 7.14. The normalized spacial score (nSPS) is 11.8. The van der Waals surface area contributed by atoms with Crippen LogP contribution in [0, 0.1) is 20.8 Å². The van der Waals surface area contributed by atoms with E-state index in [9.17, 15) is 13.2 Å². The second kappa shape index (κ2) is 7.59. The number of carbonyl (C=O) groups is 1. The van der Waals surface area contributed by atoms with Crippen LogP contribution in [0.4, 0.5) is 5.69 Å². The third-order valence-corrected chi connectivity index (χ3v) is 6.45. The Morgan fingerprint density at radius 3 is 2.42 bits per heavy atom. The summed E-state index contributed by atoms with van der Waals surface area (Å²) < 4.78 is 27.7. The highest BCUT2D eigenvalue weighted by molar-refractivity contribution is 7.89. The van der Waals surface area contributed by atoms with Gasteiger partial charge < -0.3 is 5.32 Å². The molecule has 0 spiro atoms. The van der Waals surface area contributed by atoms with Gasteiger partial charge in [-0.15, -0.1) is 0 Å². The summed E-state index contributed by atoms with van der Waals surface area (Å²) in [4.78, 5) is 12.5. The van der Waals surface area contributed by atoms with Crippen LogP contribution < -0.4 is 5.32 Å². The molecule has 1 N–H and O–H groups in total. The number of carbonyl (C=O) groups excluding carboxylic acids is 1. The zero-order valence-electron chi connectivity index (χ0n) is 16.1. The van der Waals surface area contributed by atoms with E-state index < -0.39 is 10.0 Å². The SMILES string of the molecule is Cc1ccc(NC(=O)CCc2c(C)nn(C)c2C)cc1S(=O)(=O)N(C)C. The standard InChI is InChI=1S/C18H26N4O3S/c1-12-7-8-15(11-17(12)26(24,25)21(4)5)19-18(23)10-9-16-13(2)20-22(6)14(16)3/h7-8,11H,9-10H2,1-6H3,(H,19,23). The predicted octanol–water partition coefficient (Wildman–Crippen LogP) is 2.17. The summed E-state index contributed by atoms with van der Waals surface area (Å²) in [5.74, 6) is -0.162. The Labute approximate surface area is 155 Å². The van der Waals surface area contributed by atoms with Gasteiger partial charge in [-0.1, -0.05) is 6.07 Å². The predicted molar refractivity (Wildman–Crippen MR) is 102 cm³/mol. The summed E-state index contributed by atoms with van der Waals surface area (Å²) in [6, 6.07) is 4.91.